The number of hydrogen-bond acceptors (Lipinski definition) is 4. The molecule has 0 fully saturated rings. The van der Waals surface area contributed by atoms with Gasteiger partial charge in [-0.05, 0) is 26.2 Å². The number of amides is 2. The first kappa shape index (κ1) is 18.6. The van der Waals surface area contributed by atoms with Crippen LogP contribution in [-0.2, 0) is 16.1 Å². The number of aromatic nitrogens is 2. The average molecular weight is 375 g/mol. The van der Waals surface area contributed by atoms with Crippen LogP contribution in [0.15, 0.2) is 24.5 Å². The molecule has 1 aliphatic carbocycles. The van der Waals surface area contributed by atoms with Gasteiger partial charge in [0, 0.05) is 23.8 Å². The number of unbranched alkanes of at least 4 members (excludes halogenated alkanes) is 1. The molecule has 0 unspecified atom stereocenters. The van der Waals surface area contributed by atoms with Crippen LogP contribution < -0.4 is 10.6 Å². The van der Waals surface area contributed by atoms with Crippen molar-refractivity contribution in [2.45, 2.75) is 46.1 Å². The Bertz CT molecular complexity index is 776. The van der Waals surface area contributed by atoms with Crippen LogP contribution >= 0.6 is 11.3 Å². The molecule has 0 saturated carbocycles. The smallest absolute Gasteiger partial charge is 0.224 e. The van der Waals surface area contributed by atoms with Crippen molar-refractivity contribution >= 4 is 28.1 Å². The molecular formula is C19H26N4O2S. The number of hydrogen-bond donors (Lipinski definition) is 2. The summed E-state index contributed by atoms with van der Waals surface area (Å²) >= 11 is 1.63. The maximum Gasteiger partial charge on any atom is 0.224 e. The maximum atomic E-state index is 12.7. The summed E-state index contributed by atoms with van der Waals surface area (Å²) in [6, 6.07) is 0. The van der Waals surface area contributed by atoms with E-state index in [0.717, 1.165) is 23.5 Å². The molecule has 0 saturated heterocycles. The van der Waals surface area contributed by atoms with Crippen molar-refractivity contribution in [3.63, 3.8) is 0 Å². The van der Waals surface area contributed by atoms with Gasteiger partial charge in [0.15, 0.2) is 4.96 Å². The molecule has 1 aliphatic rings. The van der Waals surface area contributed by atoms with Crippen molar-refractivity contribution < 1.29 is 9.59 Å². The largest absolute Gasteiger partial charge is 0.356 e. The van der Waals surface area contributed by atoms with Crippen LogP contribution in [0.3, 0.4) is 0 Å². The van der Waals surface area contributed by atoms with Crippen molar-refractivity contribution in [3.8, 4) is 0 Å². The van der Waals surface area contributed by atoms with Crippen LogP contribution in [0.25, 0.3) is 4.96 Å². The van der Waals surface area contributed by atoms with E-state index >= 15 is 0 Å². The maximum absolute atomic E-state index is 12.7. The van der Waals surface area contributed by atoms with E-state index in [4.69, 9.17) is 0 Å². The van der Waals surface area contributed by atoms with Crippen molar-refractivity contribution in [2.75, 3.05) is 6.54 Å². The SMILES string of the molecule is CCCCNC(=O)[C@H]1CC=CC[C@H]1C(=O)NCc1cn2cc(C)sc2n1. The number of aryl methyl sites for hydroxylation is 1. The van der Waals surface area contributed by atoms with Crippen molar-refractivity contribution in [1.82, 2.24) is 20.0 Å². The van der Waals surface area contributed by atoms with Crippen molar-refractivity contribution in [2.24, 2.45) is 11.8 Å². The molecule has 3 rings (SSSR count). The predicted molar refractivity (Wildman–Crippen MR) is 103 cm³/mol. The molecule has 2 heterocycles. The van der Waals surface area contributed by atoms with E-state index < -0.39 is 0 Å². The molecule has 0 radical (unpaired) electrons. The second-order valence-corrected chi connectivity index (χ2v) is 8.00. The number of allylic oxidation sites excluding steroid dienone is 2. The standard InChI is InChI=1S/C19H26N4O2S/c1-3-4-9-20-17(24)15-7-5-6-8-16(15)18(25)21-10-14-12-23-11-13(2)26-19(23)22-14/h5-6,11-12,15-16H,3-4,7-10H2,1-2H3,(H,20,24)(H,21,25)/t15-,16+/m0/s1. The van der Waals surface area contributed by atoms with E-state index in [9.17, 15) is 9.59 Å². The quantitative estimate of drug-likeness (QED) is 0.578. The summed E-state index contributed by atoms with van der Waals surface area (Å²) in [6.45, 7) is 5.20. The van der Waals surface area contributed by atoms with E-state index in [1.54, 1.807) is 11.3 Å². The monoisotopic (exact) mass is 374 g/mol. The number of thiazole rings is 1. The second-order valence-electron chi connectivity index (χ2n) is 6.78. The molecule has 0 spiro atoms. The normalized spacial score (nSPS) is 19.6. The van der Waals surface area contributed by atoms with Crippen molar-refractivity contribution in [3.05, 3.63) is 35.1 Å². The Morgan fingerprint density at radius 1 is 1.19 bits per heavy atom. The van der Waals surface area contributed by atoms with Crippen LogP contribution in [0, 0.1) is 18.8 Å². The molecule has 0 aliphatic heterocycles. The summed E-state index contributed by atoms with van der Waals surface area (Å²) < 4.78 is 1.98. The minimum Gasteiger partial charge on any atom is -0.356 e. The topological polar surface area (TPSA) is 75.5 Å². The van der Waals surface area contributed by atoms with Gasteiger partial charge in [0.05, 0.1) is 24.1 Å². The summed E-state index contributed by atoms with van der Waals surface area (Å²) in [5.74, 6) is -0.684. The number of nitrogens with one attached hydrogen (secondary N) is 2. The van der Waals surface area contributed by atoms with Crippen LogP contribution in [0.1, 0.15) is 43.2 Å². The fraction of sp³-hybridized carbons (Fsp3) is 0.526. The molecule has 6 nitrogen and oxygen atoms in total. The van der Waals surface area contributed by atoms with E-state index in [0.29, 0.717) is 25.9 Å². The third-order valence-corrected chi connectivity index (χ3v) is 5.61. The Labute approximate surface area is 157 Å². The van der Waals surface area contributed by atoms with Gasteiger partial charge in [0.1, 0.15) is 0 Å². The lowest BCUT2D eigenvalue weighted by Crippen LogP contribution is -2.43. The van der Waals surface area contributed by atoms with Crippen molar-refractivity contribution in [1.29, 1.82) is 0 Å². The van der Waals surface area contributed by atoms with Crippen LogP contribution in [0.2, 0.25) is 0 Å². The van der Waals surface area contributed by atoms with Gasteiger partial charge in [0.2, 0.25) is 11.8 Å². The number of carbonyl (C=O) groups excluding carboxylic acids is 2. The molecule has 2 aromatic heterocycles. The molecule has 7 heteroatoms. The minimum absolute atomic E-state index is 0.0130. The molecule has 2 amide bonds. The van der Waals surface area contributed by atoms with E-state index in [1.807, 2.05) is 35.9 Å². The van der Waals surface area contributed by atoms with E-state index in [1.165, 1.54) is 4.88 Å². The zero-order valence-corrected chi connectivity index (χ0v) is 16.1. The van der Waals surface area contributed by atoms with E-state index in [-0.39, 0.29) is 23.7 Å². The summed E-state index contributed by atoms with van der Waals surface area (Å²) in [5, 5.41) is 5.93. The fourth-order valence-corrected chi connectivity index (χ4v) is 4.09. The molecule has 2 aromatic rings. The summed E-state index contributed by atoms with van der Waals surface area (Å²) in [5.41, 5.74) is 0.833. The predicted octanol–water partition coefficient (Wildman–Crippen LogP) is 2.82. The highest BCUT2D eigenvalue weighted by Crippen LogP contribution is 2.26. The molecule has 26 heavy (non-hydrogen) atoms. The van der Waals surface area contributed by atoms with Gasteiger partial charge in [-0.15, -0.1) is 11.3 Å². The Balaban J connectivity index is 1.58. The molecule has 0 bridgehead atoms. The Morgan fingerprint density at radius 3 is 2.54 bits per heavy atom. The Hall–Kier alpha value is -2.15. The molecule has 140 valence electrons. The lowest BCUT2D eigenvalue weighted by Gasteiger charge is -2.26. The average Bonchev–Trinajstić information content (AvgIpc) is 3.16. The fourth-order valence-electron chi connectivity index (χ4n) is 3.27. The first-order chi connectivity index (χ1) is 12.6. The molecule has 0 aromatic carbocycles. The van der Waals surface area contributed by atoms with Gasteiger partial charge in [-0.2, -0.15) is 0 Å². The van der Waals surface area contributed by atoms with Crippen LogP contribution in [0.5, 0.6) is 0 Å². The first-order valence-electron chi connectivity index (χ1n) is 9.23. The lowest BCUT2D eigenvalue weighted by atomic mass is 9.81. The third kappa shape index (κ3) is 4.33. The van der Waals surface area contributed by atoms with Gasteiger partial charge in [-0.3, -0.25) is 14.0 Å². The number of imidazole rings is 1. The number of rotatable bonds is 7. The third-order valence-electron chi connectivity index (χ3n) is 4.70. The van der Waals surface area contributed by atoms with Crippen LogP contribution in [0.4, 0.5) is 0 Å². The molecule has 2 atom stereocenters. The molecular weight excluding hydrogens is 348 g/mol. The summed E-state index contributed by atoms with van der Waals surface area (Å²) in [6.07, 6.45) is 11.2. The highest BCUT2D eigenvalue weighted by molar-refractivity contribution is 7.16. The van der Waals surface area contributed by atoms with Gasteiger partial charge in [-0.25, -0.2) is 4.98 Å². The van der Waals surface area contributed by atoms with Gasteiger partial charge in [0.25, 0.3) is 0 Å². The summed E-state index contributed by atoms with van der Waals surface area (Å²) in [7, 11) is 0. The zero-order valence-electron chi connectivity index (χ0n) is 15.3. The number of fused-ring (bicyclic) bond motifs is 1. The Morgan fingerprint density at radius 2 is 1.88 bits per heavy atom. The van der Waals surface area contributed by atoms with E-state index in [2.05, 4.69) is 22.5 Å². The number of nitrogens with zero attached hydrogens (tertiary/aromatic N) is 2. The molecule has 2 N–H and O–H groups in total. The van der Waals surface area contributed by atoms with Crippen LogP contribution in [-0.4, -0.2) is 27.7 Å². The Kier molecular flexibility index (Phi) is 6.08. The highest BCUT2D eigenvalue weighted by Gasteiger charge is 2.33. The zero-order chi connectivity index (χ0) is 18.5. The van der Waals surface area contributed by atoms with Gasteiger partial charge in [-0.1, -0.05) is 25.5 Å². The highest BCUT2D eigenvalue weighted by atomic mass is 32.1. The lowest BCUT2D eigenvalue weighted by molar-refractivity contribution is -0.135. The summed E-state index contributed by atoms with van der Waals surface area (Å²) in [4.78, 5) is 31.8. The van der Waals surface area contributed by atoms with Gasteiger partial charge >= 0.3 is 0 Å². The first-order valence-corrected chi connectivity index (χ1v) is 10.0. The minimum atomic E-state index is -0.312. The van der Waals surface area contributed by atoms with Gasteiger partial charge < -0.3 is 10.6 Å². The number of carbonyl (C=O) groups is 2. The second kappa shape index (κ2) is 8.49.